The molecule has 3 nitrogen and oxygen atoms in total. The fourth-order valence-corrected chi connectivity index (χ4v) is 3.45. The van der Waals surface area contributed by atoms with E-state index in [-0.39, 0.29) is 5.91 Å². The van der Waals surface area contributed by atoms with Gasteiger partial charge in [0.25, 0.3) is 5.91 Å². The summed E-state index contributed by atoms with van der Waals surface area (Å²) >= 11 is 0. The van der Waals surface area contributed by atoms with Gasteiger partial charge >= 0.3 is 0 Å². The van der Waals surface area contributed by atoms with Crippen molar-refractivity contribution in [3.8, 4) is 0 Å². The molecule has 0 radical (unpaired) electrons. The van der Waals surface area contributed by atoms with Gasteiger partial charge < -0.3 is 9.88 Å². The minimum absolute atomic E-state index is 0.0223. The average molecular weight is 328 g/mol. The van der Waals surface area contributed by atoms with Gasteiger partial charge in [0.2, 0.25) is 0 Å². The molecule has 4 rings (SSSR count). The first kappa shape index (κ1) is 15.5. The number of benzene rings is 3. The van der Waals surface area contributed by atoms with Crippen LogP contribution in [-0.2, 0) is 6.54 Å². The fraction of sp³-hybridized carbons (Fsp3) is 0.136. The summed E-state index contributed by atoms with van der Waals surface area (Å²) in [6.45, 7) is 3.46. The average Bonchev–Trinajstić information content (AvgIpc) is 2.96. The van der Waals surface area contributed by atoms with Crippen LogP contribution in [-0.4, -0.2) is 17.0 Å². The number of hydrogen-bond acceptors (Lipinski definition) is 1. The lowest BCUT2D eigenvalue weighted by molar-refractivity contribution is 0.0954. The Kier molecular flexibility index (Phi) is 3.98. The number of fused-ring (bicyclic) bond motifs is 2. The van der Waals surface area contributed by atoms with Crippen LogP contribution in [0.2, 0.25) is 0 Å². The lowest BCUT2D eigenvalue weighted by Crippen LogP contribution is -2.27. The van der Waals surface area contributed by atoms with E-state index >= 15 is 0 Å². The van der Waals surface area contributed by atoms with E-state index < -0.39 is 0 Å². The molecule has 3 aromatic carbocycles. The van der Waals surface area contributed by atoms with Gasteiger partial charge in [-0.25, -0.2) is 0 Å². The maximum Gasteiger partial charge on any atom is 0.251 e. The number of amides is 1. The summed E-state index contributed by atoms with van der Waals surface area (Å²) in [7, 11) is 0. The van der Waals surface area contributed by atoms with Crippen molar-refractivity contribution < 1.29 is 4.79 Å². The summed E-state index contributed by atoms with van der Waals surface area (Å²) in [5.74, 6) is -0.0223. The SMILES string of the molecule is Cc1cc2ccccc2n1CCNC(=O)c1cccc2ccccc12. The Morgan fingerprint density at radius 1 is 0.920 bits per heavy atom. The number of para-hydroxylation sites is 1. The Morgan fingerprint density at radius 3 is 2.52 bits per heavy atom. The first-order valence-corrected chi connectivity index (χ1v) is 8.55. The number of aromatic nitrogens is 1. The number of nitrogens with zero attached hydrogens (tertiary/aromatic N) is 1. The van der Waals surface area contributed by atoms with E-state index in [9.17, 15) is 4.79 Å². The van der Waals surface area contributed by atoms with Gasteiger partial charge in [0.1, 0.15) is 0 Å². The zero-order chi connectivity index (χ0) is 17.2. The van der Waals surface area contributed by atoms with E-state index in [0.717, 1.165) is 22.9 Å². The first-order valence-electron chi connectivity index (χ1n) is 8.55. The van der Waals surface area contributed by atoms with Crippen molar-refractivity contribution in [1.82, 2.24) is 9.88 Å². The molecule has 0 bridgehead atoms. The Morgan fingerprint density at radius 2 is 1.64 bits per heavy atom. The summed E-state index contributed by atoms with van der Waals surface area (Å²) in [6.07, 6.45) is 0. The van der Waals surface area contributed by atoms with Crippen LogP contribution in [0.3, 0.4) is 0 Å². The highest BCUT2D eigenvalue weighted by Gasteiger charge is 2.10. The minimum Gasteiger partial charge on any atom is -0.350 e. The van der Waals surface area contributed by atoms with E-state index in [0.29, 0.717) is 6.54 Å². The van der Waals surface area contributed by atoms with Crippen LogP contribution in [0.4, 0.5) is 0 Å². The van der Waals surface area contributed by atoms with Crippen LogP contribution in [0.15, 0.2) is 72.8 Å². The molecule has 0 saturated heterocycles. The molecule has 25 heavy (non-hydrogen) atoms. The molecule has 0 atom stereocenters. The summed E-state index contributed by atoms with van der Waals surface area (Å²) in [5, 5.41) is 6.37. The zero-order valence-electron chi connectivity index (χ0n) is 14.2. The van der Waals surface area contributed by atoms with E-state index in [1.54, 1.807) is 0 Å². The van der Waals surface area contributed by atoms with Crippen LogP contribution in [0.5, 0.6) is 0 Å². The molecule has 0 fully saturated rings. The third kappa shape index (κ3) is 2.89. The van der Waals surface area contributed by atoms with E-state index in [1.807, 2.05) is 48.5 Å². The predicted molar refractivity (Wildman–Crippen MR) is 103 cm³/mol. The maximum atomic E-state index is 12.6. The van der Waals surface area contributed by atoms with Crippen LogP contribution in [0, 0.1) is 6.92 Å². The van der Waals surface area contributed by atoms with Gasteiger partial charge in [-0.2, -0.15) is 0 Å². The van der Waals surface area contributed by atoms with E-state index in [1.165, 1.54) is 16.6 Å². The highest BCUT2D eigenvalue weighted by Crippen LogP contribution is 2.20. The molecule has 3 heteroatoms. The van der Waals surface area contributed by atoms with Crippen molar-refractivity contribution in [1.29, 1.82) is 0 Å². The number of hydrogen-bond donors (Lipinski definition) is 1. The molecule has 0 saturated carbocycles. The smallest absolute Gasteiger partial charge is 0.251 e. The minimum atomic E-state index is -0.0223. The van der Waals surface area contributed by atoms with Gasteiger partial charge in [-0.05, 0) is 41.3 Å². The van der Waals surface area contributed by atoms with E-state index in [4.69, 9.17) is 0 Å². The molecule has 0 spiro atoms. The molecular weight excluding hydrogens is 308 g/mol. The summed E-state index contributed by atoms with van der Waals surface area (Å²) in [4.78, 5) is 12.6. The molecule has 0 aliphatic rings. The quantitative estimate of drug-likeness (QED) is 0.586. The van der Waals surface area contributed by atoms with Crippen LogP contribution in [0.1, 0.15) is 16.1 Å². The molecule has 1 aromatic heterocycles. The third-order valence-corrected chi connectivity index (χ3v) is 4.67. The van der Waals surface area contributed by atoms with Crippen LogP contribution in [0.25, 0.3) is 21.7 Å². The molecular formula is C22H20N2O. The van der Waals surface area contributed by atoms with Gasteiger partial charge in [0, 0.05) is 29.9 Å². The standard InChI is InChI=1S/C22H20N2O/c1-16-15-18-8-3-5-12-21(18)24(16)14-13-23-22(25)20-11-6-9-17-7-2-4-10-19(17)20/h2-12,15H,13-14H2,1H3,(H,23,25). The number of carbonyl (C=O) groups is 1. The van der Waals surface area contributed by atoms with Gasteiger partial charge in [-0.3, -0.25) is 4.79 Å². The highest BCUT2D eigenvalue weighted by atomic mass is 16.1. The van der Waals surface area contributed by atoms with Crippen molar-refractivity contribution in [3.05, 3.63) is 84.1 Å². The molecule has 0 unspecified atom stereocenters. The van der Waals surface area contributed by atoms with Crippen molar-refractivity contribution >= 4 is 27.6 Å². The number of aryl methyl sites for hydroxylation is 1. The Hall–Kier alpha value is -3.07. The van der Waals surface area contributed by atoms with Crippen molar-refractivity contribution in [3.63, 3.8) is 0 Å². The number of rotatable bonds is 4. The second-order valence-corrected chi connectivity index (χ2v) is 6.28. The summed E-state index contributed by atoms with van der Waals surface area (Å²) in [6, 6.07) is 24.3. The van der Waals surface area contributed by atoms with E-state index in [2.05, 4.69) is 41.1 Å². The fourth-order valence-electron chi connectivity index (χ4n) is 3.45. The van der Waals surface area contributed by atoms with Crippen LogP contribution >= 0.6 is 0 Å². The molecule has 1 heterocycles. The monoisotopic (exact) mass is 328 g/mol. The topological polar surface area (TPSA) is 34.0 Å². The highest BCUT2D eigenvalue weighted by molar-refractivity contribution is 6.07. The molecule has 0 aliphatic heterocycles. The summed E-state index contributed by atoms with van der Waals surface area (Å²) < 4.78 is 2.25. The van der Waals surface area contributed by atoms with Gasteiger partial charge in [0.05, 0.1) is 0 Å². The normalized spacial score (nSPS) is 11.1. The zero-order valence-corrected chi connectivity index (χ0v) is 14.2. The number of carbonyl (C=O) groups excluding carboxylic acids is 1. The van der Waals surface area contributed by atoms with Gasteiger partial charge in [-0.15, -0.1) is 0 Å². The van der Waals surface area contributed by atoms with Crippen molar-refractivity contribution in [2.24, 2.45) is 0 Å². The molecule has 1 N–H and O–H groups in total. The van der Waals surface area contributed by atoms with Gasteiger partial charge in [-0.1, -0.05) is 54.6 Å². The Balaban J connectivity index is 1.51. The second-order valence-electron chi connectivity index (χ2n) is 6.28. The second kappa shape index (κ2) is 6.44. The third-order valence-electron chi connectivity index (χ3n) is 4.67. The van der Waals surface area contributed by atoms with Crippen molar-refractivity contribution in [2.75, 3.05) is 6.54 Å². The largest absolute Gasteiger partial charge is 0.350 e. The first-order chi connectivity index (χ1) is 12.2. The number of nitrogens with one attached hydrogen (secondary N) is 1. The predicted octanol–water partition coefficient (Wildman–Crippen LogP) is 4.53. The summed E-state index contributed by atoms with van der Waals surface area (Å²) in [5.41, 5.74) is 3.15. The molecule has 4 aromatic rings. The lowest BCUT2D eigenvalue weighted by atomic mass is 10.0. The van der Waals surface area contributed by atoms with Gasteiger partial charge in [0.15, 0.2) is 0 Å². The maximum absolute atomic E-state index is 12.6. The Bertz CT molecular complexity index is 1060. The van der Waals surface area contributed by atoms with Crippen LogP contribution < -0.4 is 5.32 Å². The molecule has 0 aliphatic carbocycles. The molecule has 1 amide bonds. The van der Waals surface area contributed by atoms with Crippen molar-refractivity contribution in [2.45, 2.75) is 13.5 Å². The Labute approximate surface area is 146 Å². The lowest BCUT2D eigenvalue weighted by Gasteiger charge is -2.11. The molecule has 124 valence electrons.